The first-order valence-electron chi connectivity index (χ1n) is 8.23. The van der Waals surface area contributed by atoms with E-state index < -0.39 is 0 Å². The number of para-hydroxylation sites is 1. The number of rotatable bonds is 11. The van der Waals surface area contributed by atoms with Crippen molar-refractivity contribution in [2.24, 2.45) is 4.99 Å². The molecule has 2 N–H and O–H groups in total. The maximum absolute atomic E-state index is 5.66. The van der Waals surface area contributed by atoms with Gasteiger partial charge in [0.15, 0.2) is 5.96 Å². The molecule has 0 spiro atoms. The van der Waals surface area contributed by atoms with E-state index in [0.29, 0.717) is 13.2 Å². The Balaban J connectivity index is 0.00000529. The number of benzene rings is 1. The maximum atomic E-state index is 5.66. The van der Waals surface area contributed by atoms with E-state index in [4.69, 9.17) is 9.47 Å². The number of guanidine groups is 1. The number of ether oxygens (including phenoxy) is 2. The van der Waals surface area contributed by atoms with Gasteiger partial charge in [0.1, 0.15) is 12.4 Å². The SMILES string of the molecule is C=CCOc1ccccc1CN=C(NCC)NCCCOCC.I. The van der Waals surface area contributed by atoms with Crippen molar-refractivity contribution in [1.82, 2.24) is 10.6 Å². The van der Waals surface area contributed by atoms with Crippen LogP contribution in [-0.4, -0.2) is 38.9 Å². The number of nitrogens with zero attached hydrogens (tertiary/aromatic N) is 1. The molecule has 0 aliphatic heterocycles. The van der Waals surface area contributed by atoms with E-state index in [1.54, 1.807) is 6.08 Å². The Morgan fingerprint density at radius 2 is 2.04 bits per heavy atom. The van der Waals surface area contributed by atoms with Gasteiger partial charge in [0.2, 0.25) is 0 Å². The first-order chi connectivity index (χ1) is 11.3. The number of hydrogen-bond acceptors (Lipinski definition) is 3. The molecule has 0 heterocycles. The zero-order chi connectivity index (χ0) is 16.8. The van der Waals surface area contributed by atoms with Crippen LogP contribution in [0.4, 0.5) is 0 Å². The number of halogens is 1. The third-order valence-electron chi connectivity index (χ3n) is 3.04. The summed E-state index contributed by atoms with van der Waals surface area (Å²) in [6.45, 7) is 12.0. The Morgan fingerprint density at radius 3 is 2.75 bits per heavy atom. The summed E-state index contributed by atoms with van der Waals surface area (Å²) in [6, 6.07) is 7.94. The van der Waals surface area contributed by atoms with Gasteiger partial charge in [-0.3, -0.25) is 0 Å². The fourth-order valence-electron chi connectivity index (χ4n) is 1.96. The molecular weight excluding hydrogens is 417 g/mol. The summed E-state index contributed by atoms with van der Waals surface area (Å²) in [5.74, 6) is 1.66. The molecule has 0 aliphatic rings. The lowest BCUT2D eigenvalue weighted by atomic mass is 10.2. The van der Waals surface area contributed by atoms with E-state index in [9.17, 15) is 0 Å². The van der Waals surface area contributed by atoms with Gasteiger partial charge in [-0.05, 0) is 26.3 Å². The minimum atomic E-state index is 0. The van der Waals surface area contributed by atoms with Gasteiger partial charge in [-0.25, -0.2) is 4.99 Å². The van der Waals surface area contributed by atoms with Gasteiger partial charge in [0, 0.05) is 31.9 Å². The topological polar surface area (TPSA) is 54.9 Å². The summed E-state index contributed by atoms with van der Waals surface area (Å²) in [5, 5.41) is 6.56. The van der Waals surface area contributed by atoms with Crippen LogP contribution in [0.25, 0.3) is 0 Å². The van der Waals surface area contributed by atoms with Crippen molar-refractivity contribution < 1.29 is 9.47 Å². The Kier molecular flexibility index (Phi) is 14.4. The molecule has 0 unspecified atom stereocenters. The van der Waals surface area contributed by atoms with Gasteiger partial charge < -0.3 is 20.1 Å². The Labute approximate surface area is 162 Å². The highest BCUT2D eigenvalue weighted by Crippen LogP contribution is 2.18. The zero-order valence-electron chi connectivity index (χ0n) is 14.7. The lowest BCUT2D eigenvalue weighted by Crippen LogP contribution is -2.38. The number of hydrogen-bond donors (Lipinski definition) is 2. The molecule has 1 aromatic rings. The highest BCUT2D eigenvalue weighted by Gasteiger charge is 2.03. The Morgan fingerprint density at radius 1 is 1.25 bits per heavy atom. The molecule has 0 bridgehead atoms. The molecule has 0 aromatic heterocycles. The first kappa shape index (κ1) is 22.7. The minimum Gasteiger partial charge on any atom is -0.489 e. The molecular formula is C18H30IN3O2. The average Bonchev–Trinajstić information content (AvgIpc) is 2.58. The van der Waals surface area contributed by atoms with E-state index in [0.717, 1.165) is 50.0 Å². The summed E-state index contributed by atoms with van der Waals surface area (Å²) in [6.07, 6.45) is 2.70. The van der Waals surface area contributed by atoms with Gasteiger partial charge >= 0.3 is 0 Å². The Hall–Kier alpha value is -1.28. The van der Waals surface area contributed by atoms with E-state index in [-0.39, 0.29) is 24.0 Å². The van der Waals surface area contributed by atoms with Gasteiger partial charge in [0.05, 0.1) is 6.54 Å². The van der Waals surface area contributed by atoms with Crippen molar-refractivity contribution >= 4 is 29.9 Å². The number of aliphatic imine (C=N–C) groups is 1. The van der Waals surface area contributed by atoms with Crippen LogP contribution in [0.1, 0.15) is 25.8 Å². The molecule has 0 aliphatic carbocycles. The monoisotopic (exact) mass is 447 g/mol. The summed E-state index contributed by atoms with van der Waals surface area (Å²) in [5.41, 5.74) is 1.06. The van der Waals surface area contributed by atoms with Gasteiger partial charge in [-0.15, -0.1) is 24.0 Å². The second-order valence-electron chi connectivity index (χ2n) is 4.88. The van der Waals surface area contributed by atoms with Gasteiger partial charge in [-0.2, -0.15) is 0 Å². The molecule has 5 nitrogen and oxygen atoms in total. The molecule has 0 atom stereocenters. The van der Waals surface area contributed by atoms with Crippen LogP contribution in [0.5, 0.6) is 5.75 Å². The molecule has 0 radical (unpaired) electrons. The van der Waals surface area contributed by atoms with Crippen LogP contribution in [0.3, 0.4) is 0 Å². The highest BCUT2D eigenvalue weighted by atomic mass is 127. The van der Waals surface area contributed by atoms with E-state index >= 15 is 0 Å². The van der Waals surface area contributed by atoms with E-state index in [2.05, 4.69) is 29.1 Å². The second kappa shape index (κ2) is 15.3. The summed E-state index contributed by atoms with van der Waals surface area (Å²) in [7, 11) is 0. The van der Waals surface area contributed by atoms with Gasteiger partial charge in [-0.1, -0.05) is 30.9 Å². The Bertz CT molecular complexity index is 481. The van der Waals surface area contributed by atoms with Crippen LogP contribution in [0.2, 0.25) is 0 Å². The fourth-order valence-corrected chi connectivity index (χ4v) is 1.96. The fraction of sp³-hybridized carbons (Fsp3) is 0.500. The van der Waals surface area contributed by atoms with Crippen molar-refractivity contribution in [2.45, 2.75) is 26.8 Å². The molecule has 136 valence electrons. The minimum absolute atomic E-state index is 0. The van der Waals surface area contributed by atoms with Gasteiger partial charge in [0.25, 0.3) is 0 Å². The zero-order valence-corrected chi connectivity index (χ0v) is 17.0. The molecule has 1 rings (SSSR count). The third kappa shape index (κ3) is 9.77. The molecule has 0 saturated heterocycles. The lowest BCUT2D eigenvalue weighted by Gasteiger charge is -2.12. The molecule has 0 amide bonds. The molecule has 6 heteroatoms. The van der Waals surface area contributed by atoms with E-state index in [1.807, 2.05) is 31.2 Å². The highest BCUT2D eigenvalue weighted by molar-refractivity contribution is 14.0. The second-order valence-corrected chi connectivity index (χ2v) is 4.88. The van der Waals surface area contributed by atoms with Crippen molar-refractivity contribution in [3.8, 4) is 5.75 Å². The van der Waals surface area contributed by atoms with Crippen molar-refractivity contribution in [1.29, 1.82) is 0 Å². The maximum Gasteiger partial charge on any atom is 0.191 e. The quantitative estimate of drug-likeness (QED) is 0.180. The normalized spacial score (nSPS) is 10.7. The van der Waals surface area contributed by atoms with Crippen LogP contribution in [0, 0.1) is 0 Å². The van der Waals surface area contributed by atoms with Crippen LogP contribution in [0.15, 0.2) is 41.9 Å². The predicted molar refractivity (Wildman–Crippen MR) is 111 cm³/mol. The standard InChI is InChI=1S/C18H29N3O2.HI/c1-4-13-23-17-11-8-7-10-16(17)15-21-18(19-5-2)20-12-9-14-22-6-3;/h4,7-8,10-11H,1,5-6,9,12-15H2,2-3H3,(H2,19,20,21);1H. The summed E-state index contributed by atoms with van der Waals surface area (Å²) < 4.78 is 11.0. The predicted octanol–water partition coefficient (Wildman–Crippen LogP) is 3.35. The van der Waals surface area contributed by atoms with Crippen molar-refractivity contribution in [2.75, 3.05) is 32.9 Å². The van der Waals surface area contributed by atoms with Crippen molar-refractivity contribution in [3.63, 3.8) is 0 Å². The average molecular weight is 447 g/mol. The summed E-state index contributed by atoms with van der Waals surface area (Å²) in [4.78, 5) is 4.62. The first-order valence-corrected chi connectivity index (χ1v) is 8.23. The smallest absolute Gasteiger partial charge is 0.191 e. The largest absolute Gasteiger partial charge is 0.489 e. The molecule has 0 fully saturated rings. The third-order valence-corrected chi connectivity index (χ3v) is 3.04. The molecule has 0 saturated carbocycles. The van der Waals surface area contributed by atoms with Crippen LogP contribution < -0.4 is 15.4 Å². The van der Waals surface area contributed by atoms with Crippen molar-refractivity contribution in [3.05, 3.63) is 42.5 Å². The van der Waals surface area contributed by atoms with Crippen LogP contribution >= 0.6 is 24.0 Å². The molecule has 1 aromatic carbocycles. The summed E-state index contributed by atoms with van der Waals surface area (Å²) >= 11 is 0. The van der Waals surface area contributed by atoms with E-state index in [1.165, 1.54) is 0 Å². The lowest BCUT2D eigenvalue weighted by molar-refractivity contribution is 0.145. The number of nitrogens with one attached hydrogen (secondary N) is 2. The van der Waals surface area contributed by atoms with Crippen LogP contribution in [-0.2, 0) is 11.3 Å². The molecule has 24 heavy (non-hydrogen) atoms.